The minimum absolute atomic E-state index is 0.0324. The van der Waals surface area contributed by atoms with Crippen LogP contribution in [0.15, 0.2) is 42.5 Å². The molecule has 9 atom stereocenters. The van der Waals surface area contributed by atoms with Crippen molar-refractivity contribution in [3.8, 4) is 0 Å². The first kappa shape index (κ1) is 42.1. The normalized spacial score (nSPS) is 38.8. The van der Waals surface area contributed by atoms with Gasteiger partial charge in [-0.15, -0.1) is 0 Å². The number of allylic oxidation sites excluding steroid dienone is 3. The Morgan fingerprint density at radius 1 is 0.893 bits per heavy atom. The van der Waals surface area contributed by atoms with Crippen molar-refractivity contribution in [1.29, 1.82) is 0 Å². The average Bonchev–Trinajstić information content (AvgIpc) is 3.50. The van der Waals surface area contributed by atoms with Gasteiger partial charge in [-0.25, -0.2) is 13.2 Å². The Hall–Kier alpha value is -2.00. The summed E-state index contributed by atoms with van der Waals surface area (Å²) >= 11 is 0. The number of carbonyl (C=O) groups is 1. The van der Waals surface area contributed by atoms with Gasteiger partial charge in [-0.2, -0.15) is 4.31 Å². The van der Waals surface area contributed by atoms with Gasteiger partial charge in [0.1, 0.15) is 5.60 Å². The number of esters is 1. The van der Waals surface area contributed by atoms with Gasteiger partial charge >= 0.3 is 5.97 Å². The molecule has 8 heteroatoms. The van der Waals surface area contributed by atoms with Gasteiger partial charge in [0.15, 0.2) is 0 Å². The van der Waals surface area contributed by atoms with Crippen molar-refractivity contribution in [2.45, 2.75) is 126 Å². The molecular formula is C48H75N3O4S. The number of rotatable bonds is 9. The number of sulfonamides is 1. The van der Waals surface area contributed by atoms with E-state index in [-0.39, 0.29) is 16.8 Å². The van der Waals surface area contributed by atoms with E-state index in [4.69, 9.17) is 4.74 Å². The molecule has 312 valence electrons. The maximum Gasteiger partial charge on any atom is 0.338 e. The molecule has 0 bridgehead atoms. The predicted octanol–water partition coefficient (Wildman–Crippen LogP) is 9.46. The van der Waals surface area contributed by atoms with E-state index in [2.05, 4.69) is 76.5 Å². The van der Waals surface area contributed by atoms with Crippen LogP contribution in [0.25, 0.3) is 5.57 Å². The molecule has 0 radical (unpaired) electrons. The third-order valence-corrected chi connectivity index (χ3v) is 18.8. The predicted molar refractivity (Wildman–Crippen MR) is 230 cm³/mol. The van der Waals surface area contributed by atoms with Gasteiger partial charge in [0.2, 0.25) is 10.0 Å². The minimum Gasteiger partial charge on any atom is -0.456 e. The second kappa shape index (κ2) is 14.6. The number of piperazine rings is 1. The first-order valence-corrected chi connectivity index (χ1v) is 24.0. The molecule has 1 heterocycles. The standard InChI is InChI=1S/C48H75N3O4S/c1-33(2)36-18-23-48(32-49-26-27-50-28-30-51(31-29-50)56(11,53)54)25-24-46(9)38(41(36)48)16-17-40-45(8)21-19-37(44(6,7)39(45)20-22-47(40,46)10)34-12-14-35(15-13-34)42(52)55-43(3,4)5/h12-15,19,36,38-41,49H,1,16-18,20-32H2,2-11H3/t36-,38+,39-,40+,41+,45-,46+,47+,48+/m0/s1. The molecule has 1 saturated heterocycles. The van der Waals surface area contributed by atoms with Crippen LogP contribution in [0.2, 0.25) is 0 Å². The summed E-state index contributed by atoms with van der Waals surface area (Å²) in [5.41, 5.74) is 5.41. The third kappa shape index (κ3) is 7.10. The van der Waals surface area contributed by atoms with Crippen molar-refractivity contribution >= 4 is 21.6 Å². The van der Waals surface area contributed by atoms with E-state index in [0.717, 1.165) is 45.1 Å². The van der Waals surface area contributed by atoms with Crippen LogP contribution in [-0.2, 0) is 14.8 Å². The molecular weight excluding hydrogens is 715 g/mol. The Labute approximate surface area is 340 Å². The van der Waals surface area contributed by atoms with Crippen LogP contribution in [-0.4, -0.2) is 81.3 Å². The Bertz CT molecular complexity index is 1800. The molecule has 1 aromatic rings. The third-order valence-electron chi connectivity index (χ3n) is 17.5. The number of benzene rings is 1. The Morgan fingerprint density at radius 3 is 2.20 bits per heavy atom. The summed E-state index contributed by atoms with van der Waals surface area (Å²) in [6.07, 6.45) is 15.5. The highest BCUT2D eigenvalue weighted by molar-refractivity contribution is 7.88. The average molecular weight is 790 g/mol. The van der Waals surface area contributed by atoms with E-state index in [1.54, 1.807) is 4.31 Å². The number of fused-ring (bicyclic) bond motifs is 7. The molecule has 5 aliphatic carbocycles. The topological polar surface area (TPSA) is 79.0 Å². The van der Waals surface area contributed by atoms with E-state index in [1.165, 1.54) is 74.3 Å². The molecule has 7 rings (SSSR count). The molecule has 4 saturated carbocycles. The summed E-state index contributed by atoms with van der Waals surface area (Å²) in [6.45, 7) is 31.8. The Balaban J connectivity index is 1.08. The number of nitrogens with one attached hydrogen (secondary N) is 1. The minimum atomic E-state index is -3.10. The summed E-state index contributed by atoms with van der Waals surface area (Å²) in [5.74, 6) is 3.06. The van der Waals surface area contributed by atoms with Crippen LogP contribution in [0.1, 0.15) is 136 Å². The second-order valence-electron chi connectivity index (χ2n) is 21.9. The quantitative estimate of drug-likeness (QED) is 0.153. The van der Waals surface area contributed by atoms with Crippen molar-refractivity contribution in [3.05, 3.63) is 53.6 Å². The van der Waals surface area contributed by atoms with Crippen LogP contribution >= 0.6 is 0 Å². The van der Waals surface area contributed by atoms with Crippen molar-refractivity contribution in [2.75, 3.05) is 52.1 Å². The zero-order valence-electron chi connectivity index (χ0n) is 36.7. The van der Waals surface area contributed by atoms with Crippen LogP contribution < -0.4 is 5.32 Å². The van der Waals surface area contributed by atoms with Gasteiger partial charge in [0.05, 0.1) is 11.8 Å². The van der Waals surface area contributed by atoms with E-state index in [0.29, 0.717) is 58.6 Å². The maximum absolute atomic E-state index is 12.8. The lowest BCUT2D eigenvalue weighted by molar-refractivity contribution is -0.225. The monoisotopic (exact) mass is 790 g/mol. The molecule has 1 aromatic carbocycles. The lowest BCUT2D eigenvalue weighted by Gasteiger charge is -2.72. The fraction of sp³-hybridized carbons (Fsp3) is 0.771. The molecule has 5 fully saturated rings. The highest BCUT2D eigenvalue weighted by Gasteiger charge is 2.70. The summed E-state index contributed by atoms with van der Waals surface area (Å²) < 4.78 is 31.3. The lowest BCUT2D eigenvalue weighted by Crippen LogP contribution is -2.66. The van der Waals surface area contributed by atoms with Gasteiger partial charge in [0.25, 0.3) is 0 Å². The maximum atomic E-state index is 12.8. The van der Waals surface area contributed by atoms with Crippen molar-refractivity contribution in [2.24, 2.45) is 56.7 Å². The molecule has 0 aromatic heterocycles. The van der Waals surface area contributed by atoms with E-state index < -0.39 is 15.6 Å². The zero-order valence-corrected chi connectivity index (χ0v) is 37.5. The highest BCUT2D eigenvalue weighted by Crippen LogP contribution is 2.77. The molecule has 1 N–H and O–H groups in total. The lowest BCUT2D eigenvalue weighted by atomic mass is 9.32. The summed E-state index contributed by atoms with van der Waals surface area (Å²) in [6, 6.07) is 8.22. The van der Waals surface area contributed by atoms with Gasteiger partial charge in [-0.05, 0) is 165 Å². The van der Waals surface area contributed by atoms with Gasteiger partial charge in [-0.1, -0.05) is 65.0 Å². The number of carbonyl (C=O) groups excluding carboxylic acids is 1. The summed E-state index contributed by atoms with van der Waals surface area (Å²) in [4.78, 5) is 15.2. The van der Waals surface area contributed by atoms with Crippen LogP contribution in [0.3, 0.4) is 0 Å². The number of hydrogen-bond donors (Lipinski definition) is 1. The smallest absolute Gasteiger partial charge is 0.338 e. The molecule has 0 spiro atoms. The fourth-order valence-electron chi connectivity index (χ4n) is 14.7. The van der Waals surface area contributed by atoms with E-state index in [1.807, 2.05) is 32.9 Å². The van der Waals surface area contributed by atoms with Crippen LogP contribution in [0.5, 0.6) is 0 Å². The Morgan fingerprint density at radius 2 is 1.57 bits per heavy atom. The van der Waals surface area contributed by atoms with Crippen LogP contribution in [0, 0.1) is 56.7 Å². The van der Waals surface area contributed by atoms with Gasteiger partial charge in [0, 0.05) is 45.8 Å². The molecule has 7 nitrogen and oxygen atoms in total. The van der Waals surface area contributed by atoms with Crippen molar-refractivity contribution in [3.63, 3.8) is 0 Å². The van der Waals surface area contributed by atoms with Crippen LogP contribution in [0.4, 0.5) is 0 Å². The number of nitrogens with zero attached hydrogens (tertiary/aromatic N) is 2. The molecule has 0 amide bonds. The first-order chi connectivity index (χ1) is 26.1. The Kier molecular flexibility index (Phi) is 11.0. The SMILES string of the molecule is C=C(C)[C@@H]1CC[C@]2(CNCCN3CCN(S(C)(=O)=O)CC3)CC[C@]3(C)[C@H](CC[C@@H]4[C@@]5(C)CC=C(c6ccc(C(=O)OC(C)(C)C)cc6)C(C)(C)[C@@H]5CC[C@]43C)[C@@H]12. The van der Waals surface area contributed by atoms with Gasteiger partial charge in [-0.3, -0.25) is 4.90 Å². The van der Waals surface area contributed by atoms with E-state index >= 15 is 0 Å². The van der Waals surface area contributed by atoms with Gasteiger partial charge < -0.3 is 10.1 Å². The molecule has 0 unspecified atom stereocenters. The second-order valence-corrected chi connectivity index (χ2v) is 23.8. The van der Waals surface area contributed by atoms with Crippen molar-refractivity contribution < 1.29 is 17.9 Å². The number of ether oxygens (including phenoxy) is 1. The van der Waals surface area contributed by atoms with E-state index in [9.17, 15) is 13.2 Å². The summed E-state index contributed by atoms with van der Waals surface area (Å²) in [5, 5.41) is 3.99. The number of hydrogen-bond acceptors (Lipinski definition) is 6. The zero-order chi connectivity index (χ0) is 40.7. The summed E-state index contributed by atoms with van der Waals surface area (Å²) in [7, 11) is -3.10. The largest absolute Gasteiger partial charge is 0.456 e. The molecule has 56 heavy (non-hydrogen) atoms. The molecule has 6 aliphatic rings. The first-order valence-electron chi connectivity index (χ1n) is 22.1. The fourth-order valence-corrected chi connectivity index (χ4v) is 15.5. The van der Waals surface area contributed by atoms with Crippen molar-refractivity contribution in [1.82, 2.24) is 14.5 Å². The molecule has 1 aliphatic heterocycles. The highest BCUT2D eigenvalue weighted by atomic mass is 32.2.